The number of nitrogens with one attached hydrogen (secondary N) is 1. The van der Waals surface area contributed by atoms with E-state index in [0.29, 0.717) is 0 Å². The van der Waals surface area contributed by atoms with E-state index < -0.39 is 0 Å². The summed E-state index contributed by atoms with van der Waals surface area (Å²) in [5.41, 5.74) is 3.86. The topological polar surface area (TPSA) is 12.0 Å². The predicted octanol–water partition coefficient (Wildman–Crippen LogP) is 4.46. The highest BCUT2D eigenvalue weighted by Crippen LogP contribution is 2.30. The van der Waals surface area contributed by atoms with E-state index in [1.54, 1.807) is 0 Å². The van der Waals surface area contributed by atoms with Crippen molar-refractivity contribution >= 4 is 15.9 Å². The number of aryl methyl sites for hydroxylation is 1. The van der Waals surface area contributed by atoms with Crippen molar-refractivity contribution in [1.29, 1.82) is 0 Å². The summed E-state index contributed by atoms with van der Waals surface area (Å²) in [5, 5.41) is 3.55. The number of benzene rings is 2. The Hall–Kier alpha value is -1.12. The molecule has 2 aromatic rings. The third-order valence-electron chi connectivity index (χ3n) is 3.07. The van der Waals surface area contributed by atoms with E-state index in [0.717, 1.165) is 6.54 Å². The molecule has 1 atom stereocenters. The molecule has 18 heavy (non-hydrogen) atoms. The summed E-state index contributed by atoms with van der Waals surface area (Å²) in [4.78, 5) is 0. The van der Waals surface area contributed by atoms with Gasteiger partial charge in [0.2, 0.25) is 0 Å². The number of halogens is 1. The van der Waals surface area contributed by atoms with Gasteiger partial charge in [-0.1, -0.05) is 71.4 Å². The summed E-state index contributed by atoms with van der Waals surface area (Å²) in [6.45, 7) is 5.21. The molecule has 0 spiro atoms. The average molecular weight is 304 g/mol. The molecule has 0 aliphatic heterocycles. The Morgan fingerprint density at radius 1 is 1.06 bits per heavy atom. The molecule has 1 N–H and O–H groups in total. The Bertz CT molecular complexity index is 508. The van der Waals surface area contributed by atoms with E-state index in [1.165, 1.54) is 21.2 Å². The lowest BCUT2D eigenvalue weighted by Crippen LogP contribution is -2.22. The highest BCUT2D eigenvalue weighted by Gasteiger charge is 2.15. The minimum Gasteiger partial charge on any atom is -0.306 e. The van der Waals surface area contributed by atoms with E-state index in [2.05, 4.69) is 83.6 Å². The molecular formula is C16H18BrN. The molecule has 2 rings (SSSR count). The fourth-order valence-corrected chi connectivity index (χ4v) is 2.64. The summed E-state index contributed by atoms with van der Waals surface area (Å²) in [5.74, 6) is 0. The van der Waals surface area contributed by atoms with Gasteiger partial charge in [-0.25, -0.2) is 0 Å². The quantitative estimate of drug-likeness (QED) is 0.879. The van der Waals surface area contributed by atoms with Crippen LogP contribution in [0, 0.1) is 6.92 Å². The van der Waals surface area contributed by atoms with Crippen LogP contribution < -0.4 is 5.32 Å². The van der Waals surface area contributed by atoms with Gasteiger partial charge in [0, 0.05) is 4.47 Å². The lowest BCUT2D eigenvalue weighted by molar-refractivity contribution is 0.628. The third kappa shape index (κ3) is 2.82. The molecule has 0 bridgehead atoms. The zero-order valence-corrected chi connectivity index (χ0v) is 12.4. The van der Waals surface area contributed by atoms with Gasteiger partial charge in [0.1, 0.15) is 0 Å². The molecule has 0 fully saturated rings. The maximum absolute atomic E-state index is 3.71. The number of rotatable bonds is 4. The van der Waals surface area contributed by atoms with Gasteiger partial charge >= 0.3 is 0 Å². The Morgan fingerprint density at radius 3 is 2.44 bits per heavy atom. The lowest BCUT2D eigenvalue weighted by Gasteiger charge is -2.21. The zero-order valence-electron chi connectivity index (χ0n) is 10.8. The summed E-state index contributed by atoms with van der Waals surface area (Å²) in [6, 6.07) is 17.2. The fourth-order valence-electron chi connectivity index (χ4n) is 2.15. The highest BCUT2D eigenvalue weighted by molar-refractivity contribution is 9.10. The standard InChI is InChI=1S/C16H18BrN/c1-3-18-16(13-9-5-4-6-10-13)14-11-7-8-12(2)15(14)17/h4-11,16,18H,3H2,1-2H3. The van der Waals surface area contributed by atoms with E-state index in [-0.39, 0.29) is 6.04 Å². The maximum atomic E-state index is 3.71. The van der Waals surface area contributed by atoms with Crippen LogP contribution in [0.1, 0.15) is 29.7 Å². The highest BCUT2D eigenvalue weighted by atomic mass is 79.9. The van der Waals surface area contributed by atoms with Gasteiger partial charge in [0.15, 0.2) is 0 Å². The third-order valence-corrected chi connectivity index (χ3v) is 4.16. The zero-order chi connectivity index (χ0) is 13.0. The first-order valence-corrected chi connectivity index (χ1v) is 7.06. The van der Waals surface area contributed by atoms with Crippen molar-refractivity contribution in [3.8, 4) is 0 Å². The van der Waals surface area contributed by atoms with Crippen LogP contribution in [0.5, 0.6) is 0 Å². The molecule has 0 aromatic heterocycles. The number of hydrogen-bond donors (Lipinski definition) is 1. The second-order valence-corrected chi connectivity index (χ2v) is 5.17. The van der Waals surface area contributed by atoms with Crippen molar-refractivity contribution in [2.45, 2.75) is 19.9 Å². The molecule has 0 aliphatic carbocycles. The molecule has 0 amide bonds. The molecule has 0 radical (unpaired) electrons. The van der Waals surface area contributed by atoms with Crippen LogP contribution in [0.25, 0.3) is 0 Å². The normalized spacial score (nSPS) is 12.4. The molecule has 0 saturated heterocycles. The molecule has 1 unspecified atom stereocenters. The van der Waals surface area contributed by atoms with Crippen molar-refractivity contribution < 1.29 is 0 Å². The lowest BCUT2D eigenvalue weighted by atomic mass is 9.97. The van der Waals surface area contributed by atoms with E-state index >= 15 is 0 Å². The van der Waals surface area contributed by atoms with Gasteiger partial charge < -0.3 is 5.32 Å². The molecular weight excluding hydrogens is 286 g/mol. The Balaban J connectivity index is 2.45. The van der Waals surface area contributed by atoms with Crippen molar-refractivity contribution in [1.82, 2.24) is 5.32 Å². The van der Waals surface area contributed by atoms with Crippen LogP contribution in [-0.2, 0) is 0 Å². The first-order valence-electron chi connectivity index (χ1n) is 6.27. The molecule has 0 heterocycles. The second kappa shape index (κ2) is 6.17. The van der Waals surface area contributed by atoms with Crippen molar-refractivity contribution in [3.05, 3.63) is 69.7 Å². The summed E-state index contributed by atoms with van der Waals surface area (Å²) >= 11 is 3.71. The fraction of sp³-hybridized carbons (Fsp3) is 0.250. The summed E-state index contributed by atoms with van der Waals surface area (Å²) < 4.78 is 1.19. The van der Waals surface area contributed by atoms with Crippen LogP contribution in [0.2, 0.25) is 0 Å². The van der Waals surface area contributed by atoms with Crippen molar-refractivity contribution in [2.75, 3.05) is 6.54 Å². The van der Waals surface area contributed by atoms with Crippen molar-refractivity contribution in [3.63, 3.8) is 0 Å². The van der Waals surface area contributed by atoms with Gasteiger partial charge in [-0.15, -0.1) is 0 Å². The molecule has 2 aromatic carbocycles. The summed E-state index contributed by atoms with van der Waals surface area (Å²) in [7, 11) is 0. The van der Waals surface area contributed by atoms with E-state index in [1.807, 2.05) is 0 Å². The molecule has 0 aliphatic rings. The van der Waals surface area contributed by atoms with Crippen LogP contribution in [0.4, 0.5) is 0 Å². The Morgan fingerprint density at radius 2 is 1.78 bits per heavy atom. The van der Waals surface area contributed by atoms with Gasteiger partial charge in [-0.05, 0) is 30.2 Å². The number of hydrogen-bond acceptors (Lipinski definition) is 1. The Kier molecular flexibility index (Phi) is 4.56. The van der Waals surface area contributed by atoms with Gasteiger partial charge in [-0.3, -0.25) is 0 Å². The van der Waals surface area contributed by atoms with Gasteiger partial charge in [0.05, 0.1) is 6.04 Å². The Labute approximate surface area is 117 Å². The van der Waals surface area contributed by atoms with Crippen molar-refractivity contribution in [2.24, 2.45) is 0 Å². The smallest absolute Gasteiger partial charge is 0.0587 e. The van der Waals surface area contributed by atoms with E-state index in [4.69, 9.17) is 0 Å². The SMILES string of the molecule is CCNC(c1ccccc1)c1cccc(C)c1Br. The van der Waals surface area contributed by atoms with Crippen LogP contribution in [-0.4, -0.2) is 6.54 Å². The predicted molar refractivity (Wildman–Crippen MR) is 80.8 cm³/mol. The van der Waals surface area contributed by atoms with Gasteiger partial charge in [0.25, 0.3) is 0 Å². The van der Waals surface area contributed by atoms with Crippen LogP contribution in [0.3, 0.4) is 0 Å². The molecule has 2 heteroatoms. The first kappa shape index (κ1) is 13.3. The minimum atomic E-state index is 0.241. The molecule has 1 nitrogen and oxygen atoms in total. The van der Waals surface area contributed by atoms with Crippen LogP contribution in [0.15, 0.2) is 53.0 Å². The maximum Gasteiger partial charge on any atom is 0.0587 e. The minimum absolute atomic E-state index is 0.241. The monoisotopic (exact) mass is 303 g/mol. The first-order chi connectivity index (χ1) is 8.74. The molecule has 94 valence electrons. The second-order valence-electron chi connectivity index (χ2n) is 4.38. The van der Waals surface area contributed by atoms with E-state index in [9.17, 15) is 0 Å². The average Bonchev–Trinajstić information content (AvgIpc) is 2.41. The largest absolute Gasteiger partial charge is 0.306 e. The van der Waals surface area contributed by atoms with Gasteiger partial charge in [-0.2, -0.15) is 0 Å². The summed E-state index contributed by atoms with van der Waals surface area (Å²) in [6.07, 6.45) is 0. The van der Waals surface area contributed by atoms with Crippen LogP contribution >= 0.6 is 15.9 Å². The molecule has 0 saturated carbocycles.